The molecule has 3 rings (SSSR count). The average Bonchev–Trinajstić information content (AvgIpc) is 3.11. The number of aromatic amines is 1. The molecule has 0 amide bonds. The molecule has 0 atom stereocenters. The Hall–Kier alpha value is -2.17. The molecule has 1 heterocycles. The minimum Gasteiger partial charge on any atom is -0.282 e. The zero-order valence-electron chi connectivity index (χ0n) is 16.0. The number of hydrogen-bond donors (Lipinski definition) is 2. The lowest BCUT2D eigenvalue weighted by molar-refractivity contribution is 0.367. The number of benzene rings is 1. The number of nitrogens with zero attached hydrogens (tertiary/aromatic N) is 2. The van der Waals surface area contributed by atoms with Gasteiger partial charge in [-0.2, -0.15) is 10.4 Å². The molecule has 1 aliphatic carbocycles. The van der Waals surface area contributed by atoms with Crippen LogP contribution in [-0.2, 0) is 10.0 Å². The van der Waals surface area contributed by atoms with Gasteiger partial charge >= 0.3 is 0 Å². The Morgan fingerprint density at radius 1 is 1.19 bits per heavy atom. The highest BCUT2D eigenvalue weighted by atomic mass is 32.2. The van der Waals surface area contributed by atoms with Crippen LogP contribution in [0.4, 0.5) is 0 Å². The zero-order chi connectivity index (χ0) is 19.7. The van der Waals surface area contributed by atoms with Crippen molar-refractivity contribution < 1.29 is 8.42 Å². The van der Waals surface area contributed by atoms with E-state index < -0.39 is 14.8 Å². The van der Waals surface area contributed by atoms with Gasteiger partial charge in [-0.05, 0) is 64.7 Å². The Labute approximate surface area is 161 Å². The maximum absolute atomic E-state index is 12.3. The first kappa shape index (κ1) is 19.6. The SMILES string of the molecule is CC(C)(C)S(=O)(=O)NC1CCC(c2cc(-c3cccc(C#N)c3)n[nH]2)CC1. The van der Waals surface area contributed by atoms with Crippen LogP contribution in [0.2, 0.25) is 0 Å². The molecule has 0 unspecified atom stereocenters. The Morgan fingerprint density at radius 3 is 2.52 bits per heavy atom. The third-order valence-corrected chi connectivity index (χ3v) is 7.44. The number of nitriles is 1. The number of aromatic nitrogens is 2. The summed E-state index contributed by atoms with van der Waals surface area (Å²) >= 11 is 0. The van der Waals surface area contributed by atoms with Gasteiger partial charge in [-0.1, -0.05) is 12.1 Å². The second-order valence-electron chi connectivity index (χ2n) is 8.18. The maximum Gasteiger partial charge on any atom is 0.216 e. The zero-order valence-corrected chi connectivity index (χ0v) is 16.8. The molecule has 0 bridgehead atoms. The average molecular weight is 387 g/mol. The van der Waals surface area contributed by atoms with E-state index in [1.165, 1.54) is 0 Å². The minimum atomic E-state index is -3.31. The summed E-state index contributed by atoms with van der Waals surface area (Å²) in [4.78, 5) is 0. The molecule has 0 spiro atoms. The van der Waals surface area contributed by atoms with Crippen molar-refractivity contribution in [2.75, 3.05) is 0 Å². The molecule has 1 fully saturated rings. The lowest BCUT2D eigenvalue weighted by atomic mass is 9.84. The van der Waals surface area contributed by atoms with Crippen LogP contribution < -0.4 is 4.72 Å². The van der Waals surface area contributed by atoms with Crippen LogP contribution in [0.3, 0.4) is 0 Å². The maximum atomic E-state index is 12.3. The summed E-state index contributed by atoms with van der Waals surface area (Å²) in [5, 5.41) is 16.6. The van der Waals surface area contributed by atoms with Crippen molar-refractivity contribution in [2.45, 2.75) is 63.2 Å². The molecular formula is C20H26N4O2S. The van der Waals surface area contributed by atoms with Gasteiger partial charge in [0.1, 0.15) is 0 Å². The molecule has 0 aliphatic heterocycles. The molecule has 144 valence electrons. The number of hydrogen-bond acceptors (Lipinski definition) is 4. The molecule has 0 radical (unpaired) electrons. The van der Waals surface area contributed by atoms with E-state index in [0.717, 1.165) is 42.6 Å². The Morgan fingerprint density at radius 2 is 1.89 bits per heavy atom. The number of H-pyrrole nitrogens is 1. The molecular weight excluding hydrogens is 360 g/mol. The molecule has 2 aromatic rings. The van der Waals surface area contributed by atoms with Crippen LogP contribution in [0.1, 0.15) is 63.6 Å². The van der Waals surface area contributed by atoms with E-state index in [1.54, 1.807) is 26.8 Å². The summed E-state index contributed by atoms with van der Waals surface area (Å²) in [6, 6.07) is 11.6. The second-order valence-corrected chi connectivity index (χ2v) is 10.7. The quantitative estimate of drug-likeness (QED) is 0.837. The second kappa shape index (κ2) is 7.45. The van der Waals surface area contributed by atoms with Crippen molar-refractivity contribution in [3.8, 4) is 17.3 Å². The van der Waals surface area contributed by atoms with E-state index in [9.17, 15) is 8.42 Å². The molecule has 6 nitrogen and oxygen atoms in total. The van der Waals surface area contributed by atoms with Crippen LogP contribution in [0.5, 0.6) is 0 Å². The summed E-state index contributed by atoms with van der Waals surface area (Å²) in [6.45, 7) is 5.15. The van der Waals surface area contributed by atoms with Gasteiger partial charge in [0.05, 0.1) is 22.1 Å². The standard InChI is InChI=1S/C20H26N4O2S/c1-20(2,3)27(25,26)24-17-9-7-15(8-10-17)18-12-19(23-22-18)16-6-4-5-14(11-16)13-21/h4-6,11-12,15,17,24H,7-10H2,1-3H3,(H,22,23). The molecule has 7 heteroatoms. The van der Waals surface area contributed by atoms with Crippen molar-refractivity contribution >= 4 is 10.0 Å². The molecule has 0 saturated heterocycles. The number of sulfonamides is 1. The van der Waals surface area contributed by atoms with Crippen LogP contribution in [0.25, 0.3) is 11.3 Å². The summed E-state index contributed by atoms with van der Waals surface area (Å²) < 4.78 is 26.7. The largest absolute Gasteiger partial charge is 0.282 e. The molecule has 1 saturated carbocycles. The summed E-state index contributed by atoms with van der Waals surface area (Å²) in [7, 11) is -3.31. The highest BCUT2D eigenvalue weighted by molar-refractivity contribution is 7.90. The van der Waals surface area contributed by atoms with Gasteiger partial charge in [0.25, 0.3) is 0 Å². The fraction of sp³-hybridized carbons (Fsp3) is 0.500. The fourth-order valence-corrected chi connectivity index (χ4v) is 4.39. The number of nitrogens with one attached hydrogen (secondary N) is 2. The van der Waals surface area contributed by atoms with Crippen molar-refractivity contribution in [1.82, 2.24) is 14.9 Å². The van der Waals surface area contributed by atoms with Crippen molar-refractivity contribution in [3.63, 3.8) is 0 Å². The molecule has 1 aliphatic rings. The monoisotopic (exact) mass is 386 g/mol. The Kier molecular flexibility index (Phi) is 5.41. The van der Waals surface area contributed by atoms with E-state index in [4.69, 9.17) is 5.26 Å². The topological polar surface area (TPSA) is 98.6 Å². The first-order valence-electron chi connectivity index (χ1n) is 9.27. The molecule has 27 heavy (non-hydrogen) atoms. The third-order valence-electron chi connectivity index (χ3n) is 5.18. The van der Waals surface area contributed by atoms with Crippen LogP contribution in [0.15, 0.2) is 30.3 Å². The molecule has 1 aromatic carbocycles. The van der Waals surface area contributed by atoms with Gasteiger partial charge in [-0.15, -0.1) is 0 Å². The van der Waals surface area contributed by atoms with Crippen molar-refractivity contribution in [2.24, 2.45) is 0 Å². The van der Waals surface area contributed by atoms with Crippen LogP contribution >= 0.6 is 0 Å². The van der Waals surface area contributed by atoms with Gasteiger partial charge in [0.2, 0.25) is 10.0 Å². The molecule has 2 N–H and O–H groups in total. The predicted molar refractivity (Wildman–Crippen MR) is 106 cm³/mol. The van der Waals surface area contributed by atoms with Crippen molar-refractivity contribution in [3.05, 3.63) is 41.6 Å². The van der Waals surface area contributed by atoms with E-state index in [-0.39, 0.29) is 6.04 Å². The number of rotatable bonds is 4. The Bertz CT molecular complexity index is 943. The summed E-state index contributed by atoms with van der Waals surface area (Å²) in [5.74, 6) is 0.348. The van der Waals surface area contributed by atoms with Gasteiger partial charge in [0, 0.05) is 23.2 Å². The lowest BCUT2D eigenvalue weighted by Crippen LogP contribution is -2.45. The van der Waals surface area contributed by atoms with E-state index in [0.29, 0.717) is 11.5 Å². The third kappa shape index (κ3) is 4.40. The smallest absolute Gasteiger partial charge is 0.216 e. The predicted octanol–water partition coefficient (Wildman–Crippen LogP) is 3.69. The van der Waals surface area contributed by atoms with Gasteiger partial charge in [-0.25, -0.2) is 13.1 Å². The van der Waals surface area contributed by atoms with Gasteiger partial charge in [0.15, 0.2) is 0 Å². The molecule has 1 aromatic heterocycles. The normalized spacial score (nSPS) is 21.0. The van der Waals surface area contributed by atoms with E-state index >= 15 is 0 Å². The van der Waals surface area contributed by atoms with Gasteiger partial charge < -0.3 is 0 Å². The summed E-state index contributed by atoms with van der Waals surface area (Å²) in [5.41, 5.74) is 3.44. The lowest BCUT2D eigenvalue weighted by Gasteiger charge is -2.30. The van der Waals surface area contributed by atoms with Gasteiger partial charge in [-0.3, -0.25) is 5.10 Å². The Balaban J connectivity index is 1.64. The van der Waals surface area contributed by atoms with Crippen molar-refractivity contribution in [1.29, 1.82) is 5.26 Å². The highest BCUT2D eigenvalue weighted by Gasteiger charge is 2.33. The first-order chi connectivity index (χ1) is 12.7. The van der Waals surface area contributed by atoms with E-state index in [1.807, 2.05) is 24.3 Å². The first-order valence-corrected chi connectivity index (χ1v) is 10.8. The minimum absolute atomic E-state index is 0.000164. The van der Waals surface area contributed by atoms with Crippen LogP contribution in [-0.4, -0.2) is 29.4 Å². The van der Waals surface area contributed by atoms with E-state index in [2.05, 4.69) is 21.0 Å². The fourth-order valence-electron chi connectivity index (χ4n) is 3.36. The van der Waals surface area contributed by atoms with Crippen LogP contribution in [0, 0.1) is 11.3 Å². The summed E-state index contributed by atoms with van der Waals surface area (Å²) in [6.07, 6.45) is 3.46. The highest BCUT2D eigenvalue weighted by Crippen LogP contribution is 2.34.